The number of carboxylic acids is 1. The van der Waals surface area contributed by atoms with E-state index in [4.69, 9.17) is 5.11 Å². The lowest BCUT2D eigenvalue weighted by Crippen LogP contribution is -2.47. The normalized spacial score (nSPS) is 14.2. The Kier molecular flexibility index (Phi) is 6.66. The van der Waals surface area contributed by atoms with Gasteiger partial charge in [-0.2, -0.15) is 17.4 Å². The third-order valence-electron chi connectivity index (χ3n) is 2.25. The molecule has 6 nitrogen and oxygen atoms in total. The topological polar surface area (TPSA) is 86.7 Å². The van der Waals surface area contributed by atoms with Crippen LogP contribution in [-0.4, -0.2) is 43.4 Å². The molecule has 2 N–H and O–H groups in total. The molecule has 0 radical (unpaired) electrons. The number of carbonyl (C=O) groups is 1. The van der Waals surface area contributed by atoms with Crippen LogP contribution in [-0.2, 0) is 15.0 Å². The van der Waals surface area contributed by atoms with Gasteiger partial charge in [-0.25, -0.2) is 0 Å². The standard InChI is InChI=1S/C10H22N2O4S/c1-5-6-12(4)17(15,16)11-9(10(13)14)7-8(2)3/h8-9,11H,5-7H2,1-4H3,(H,13,14)/t9-/m1/s1. The first-order chi connectivity index (χ1) is 7.70. The minimum absolute atomic E-state index is 0.107. The van der Waals surface area contributed by atoms with E-state index in [0.717, 1.165) is 4.31 Å². The maximum Gasteiger partial charge on any atom is 0.321 e. The van der Waals surface area contributed by atoms with Crippen LogP contribution in [0.3, 0.4) is 0 Å². The van der Waals surface area contributed by atoms with Gasteiger partial charge in [-0.1, -0.05) is 20.8 Å². The van der Waals surface area contributed by atoms with Crippen LogP contribution in [0.4, 0.5) is 0 Å². The highest BCUT2D eigenvalue weighted by atomic mass is 32.2. The van der Waals surface area contributed by atoms with Crippen LogP contribution in [0.1, 0.15) is 33.6 Å². The molecule has 0 saturated heterocycles. The SMILES string of the molecule is CCCN(C)S(=O)(=O)N[C@H](CC(C)C)C(=O)O. The van der Waals surface area contributed by atoms with Crippen molar-refractivity contribution in [2.75, 3.05) is 13.6 Å². The second kappa shape index (κ2) is 6.93. The monoisotopic (exact) mass is 266 g/mol. The number of carboxylic acid groups (broad SMARTS) is 1. The van der Waals surface area contributed by atoms with E-state index in [-0.39, 0.29) is 12.3 Å². The van der Waals surface area contributed by atoms with Crippen molar-refractivity contribution in [2.45, 2.75) is 39.7 Å². The zero-order chi connectivity index (χ0) is 13.6. The first-order valence-corrected chi connectivity index (χ1v) is 7.11. The van der Waals surface area contributed by atoms with Crippen LogP contribution >= 0.6 is 0 Å². The van der Waals surface area contributed by atoms with E-state index >= 15 is 0 Å². The summed E-state index contributed by atoms with van der Waals surface area (Å²) < 4.78 is 26.9. The molecule has 0 aliphatic carbocycles. The van der Waals surface area contributed by atoms with Gasteiger partial charge in [0, 0.05) is 13.6 Å². The summed E-state index contributed by atoms with van der Waals surface area (Å²) in [5.74, 6) is -1.04. The molecule has 0 aliphatic rings. The van der Waals surface area contributed by atoms with Gasteiger partial charge in [0.25, 0.3) is 10.2 Å². The molecule has 17 heavy (non-hydrogen) atoms. The van der Waals surface area contributed by atoms with Gasteiger partial charge in [0.1, 0.15) is 6.04 Å². The van der Waals surface area contributed by atoms with Crippen molar-refractivity contribution in [3.8, 4) is 0 Å². The number of nitrogens with zero attached hydrogens (tertiary/aromatic N) is 1. The van der Waals surface area contributed by atoms with Crippen LogP contribution < -0.4 is 4.72 Å². The third-order valence-corrected chi connectivity index (χ3v) is 3.83. The summed E-state index contributed by atoms with van der Waals surface area (Å²) in [5.41, 5.74) is 0. The molecular formula is C10H22N2O4S. The zero-order valence-corrected chi connectivity index (χ0v) is 11.6. The molecule has 0 bridgehead atoms. The molecule has 0 fully saturated rings. The summed E-state index contributed by atoms with van der Waals surface area (Å²) in [6.07, 6.45) is 0.952. The Labute approximate surface area is 103 Å². The summed E-state index contributed by atoms with van der Waals surface area (Å²) in [7, 11) is -2.28. The first-order valence-electron chi connectivity index (χ1n) is 5.67. The second-order valence-corrected chi connectivity index (χ2v) is 6.27. The molecule has 1 atom stereocenters. The van der Waals surface area contributed by atoms with Crippen molar-refractivity contribution in [1.29, 1.82) is 0 Å². The van der Waals surface area contributed by atoms with Crippen molar-refractivity contribution in [3.63, 3.8) is 0 Å². The molecule has 0 aromatic heterocycles. The van der Waals surface area contributed by atoms with Crippen LogP contribution in [0.2, 0.25) is 0 Å². The fourth-order valence-corrected chi connectivity index (χ4v) is 2.54. The summed E-state index contributed by atoms with van der Waals surface area (Å²) in [5, 5.41) is 8.95. The van der Waals surface area contributed by atoms with Crippen LogP contribution in [0, 0.1) is 5.92 Å². The predicted molar refractivity (Wildman–Crippen MR) is 65.9 cm³/mol. The van der Waals surface area contributed by atoms with E-state index in [0.29, 0.717) is 13.0 Å². The average molecular weight is 266 g/mol. The van der Waals surface area contributed by atoms with Gasteiger partial charge in [-0.15, -0.1) is 0 Å². The number of aliphatic carboxylic acids is 1. The molecule has 0 aromatic rings. The zero-order valence-electron chi connectivity index (χ0n) is 10.8. The predicted octanol–water partition coefficient (Wildman–Crippen LogP) is 0.662. The lowest BCUT2D eigenvalue weighted by atomic mass is 10.1. The quantitative estimate of drug-likeness (QED) is 0.675. The Hall–Kier alpha value is -0.660. The second-order valence-electron chi connectivity index (χ2n) is 4.46. The minimum Gasteiger partial charge on any atom is -0.480 e. The van der Waals surface area contributed by atoms with Gasteiger partial charge in [0.15, 0.2) is 0 Å². The molecule has 0 unspecified atom stereocenters. The van der Waals surface area contributed by atoms with E-state index in [1.54, 1.807) is 0 Å². The summed E-state index contributed by atoms with van der Waals surface area (Å²) in [6, 6.07) is -1.07. The summed E-state index contributed by atoms with van der Waals surface area (Å²) >= 11 is 0. The van der Waals surface area contributed by atoms with Gasteiger partial charge in [0.2, 0.25) is 0 Å². The van der Waals surface area contributed by atoms with E-state index in [2.05, 4.69) is 4.72 Å². The average Bonchev–Trinajstić information content (AvgIpc) is 2.15. The van der Waals surface area contributed by atoms with E-state index in [1.807, 2.05) is 20.8 Å². The lowest BCUT2D eigenvalue weighted by molar-refractivity contribution is -0.139. The van der Waals surface area contributed by atoms with Crippen LogP contribution in [0.5, 0.6) is 0 Å². The van der Waals surface area contributed by atoms with Crippen molar-refractivity contribution in [2.24, 2.45) is 5.92 Å². The van der Waals surface area contributed by atoms with E-state index < -0.39 is 22.2 Å². The van der Waals surface area contributed by atoms with Gasteiger partial charge in [-0.05, 0) is 18.8 Å². The van der Waals surface area contributed by atoms with Crippen molar-refractivity contribution >= 4 is 16.2 Å². The van der Waals surface area contributed by atoms with E-state index in [1.165, 1.54) is 7.05 Å². The number of nitrogens with one attached hydrogen (secondary N) is 1. The lowest BCUT2D eigenvalue weighted by Gasteiger charge is -2.21. The molecule has 0 aromatic carbocycles. The van der Waals surface area contributed by atoms with Crippen molar-refractivity contribution in [1.82, 2.24) is 9.03 Å². The third kappa shape index (κ3) is 5.99. The first kappa shape index (κ1) is 16.3. The molecular weight excluding hydrogens is 244 g/mol. The van der Waals surface area contributed by atoms with Crippen LogP contribution in [0.25, 0.3) is 0 Å². The highest BCUT2D eigenvalue weighted by molar-refractivity contribution is 7.87. The smallest absolute Gasteiger partial charge is 0.321 e. The molecule has 0 spiro atoms. The summed E-state index contributed by atoms with van der Waals surface area (Å²) in [6.45, 7) is 5.91. The maximum absolute atomic E-state index is 11.8. The molecule has 0 saturated carbocycles. The van der Waals surface area contributed by atoms with Gasteiger partial charge in [-0.3, -0.25) is 4.79 Å². The van der Waals surface area contributed by atoms with Crippen molar-refractivity contribution in [3.05, 3.63) is 0 Å². The van der Waals surface area contributed by atoms with E-state index in [9.17, 15) is 13.2 Å². The Bertz CT molecular complexity index is 340. The fourth-order valence-electron chi connectivity index (χ4n) is 1.38. The van der Waals surface area contributed by atoms with Crippen LogP contribution in [0.15, 0.2) is 0 Å². The highest BCUT2D eigenvalue weighted by Crippen LogP contribution is 2.07. The summed E-state index contributed by atoms with van der Waals surface area (Å²) in [4.78, 5) is 10.9. The highest BCUT2D eigenvalue weighted by Gasteiger charge is 2.27. The largest absolute Gasteiger partial charge is 0.480 e. The Morgan fingerprint density at radius 1 is 1.41 bits per heavy atom. The number of hydrogen-bond acceptors (Lipinski definition) is 3. The minimum atomic E-state index is -3.71. The molecule has 0 aliphatic heterocycles. The fraction of sp³-hybridized carbons (Fsp3) is 0.900. The maximum atomic E-state index is 11.8. The Balaban J connectivity index is 4.69. The van der Waals surface area contributed by atoms with Gasteiger partial charge in [0.05, 0.1) is 0 Å². The number of rotatable bonds is 8. The van der Waals surface area contributed by atoms with Gasteiger partial charge >= 0.3 is 5.97 Å². The van der Waals surface area contributed by atoms with Crippen molar-refractivity contribution < 1.29 is 18.3 Å². The molecule has 102 valence electrons. The molecule has 0 amide bonds. The molecule has 0 rings (SSSR count). The Morgan fingerprint density at radius 3 is 2.29 bits per heavy atom. The van der Waals surface area contributed by atoms with Gasteiger partial charge < -0.3 is 5.11 Å². The number of hydrogen-bond donors (Lipinski definition) is 2. The molecule has 7 heteroatoms. The molecule has 0 heterocycles. The Morgan fingerprint density at radius 2 is 1.94 bits per heavy atom.